The highest BCUT2D eigenvalue weighted by Gasteiger charge is 2.16. The molecule has 0 heterocycles. The molecule has 1 unspecified atom stereocenters. The fourth-order valence-corrected chi connectivity index (χ4v) is 1.48. The zero-order valence-corrected chi connectivity index (χ0v) is 9.38. The Hall–Kier alpha value is -1.90. The number of aliphatic hydroxyl groups is 1. The van der Waals surface area contributed by atoms with Crippen LogP contribution < -0.4 is 0 Å². The number of carboxylic acid groups (broad SMARTS) is 1. The highest BCUT2D eigenvalue weighted by Crippen LogP contribution is 2.22. The van der Waals surface area contributed by atoms with Crippen molar-refractivity contribution >= 4 is 5.97 Å². The summed E-state index contributed by atoms with van der Waals surface area (Å²) in [4.78, 5) is 11.0. The van der Waals surface area contributed by atoms with E-state index in [4.69, 9.17) is 20.2 Å². The molecule has 0 aliphatic carbocycles. The van der Waals surface area contributed by atoms with E-state index in [9.17, 15) is 4.79 Å². The topological polar surface area (TPSA) is 90.5 Å². The first-order valence-corrected chi connectivity index (χ1v) is 5.10. The van der Waals surface area contributed by atoms with Crippen molar-refractivity contribution in [2.75, 3.05) is 13.2 Å². The molecule has 0 saturated heterocycles. The Morgan fingerprint density at radius 1 is 1.59 bits per heavy atom. The molecule has 5 heteroatoms. The molecule has 0 amide bonds. The van der Waals surface area contributed by atoms with Gasteiger partial charge in [0.2, 0.25) is 0 Å². The Bertz CT molecular complexity index is 450. The average molecular weight is 235 g/mol. The lowest BCUT2D eigenvalue weighted by atomic mass is 10.0. The van der Waals surface area contributed by atoms with Gasteiger partial charge in [-0.05, 0) is 30.7 Å². The van der Waals surface area contributed by atoms with Crippen LogP contribution >= 0.6 is 0 Å². The van der Waals surface area contributed by atoms with E-state index in [-0.39, 0.29) is 18.8 Å². The fraction of sp³-hybridized carbons (Fsp3) is 0.333. The minimum absolute atomic E-state index is 0.106. The molecule has 0 bridgehead atoms. The number of nitriles is 1. The number of carboxylic acids is 1. The monoisotopic (exact) mass is 235 g/mol. The van der Waals surface area contributed by atoms with E-state index in [1.807, 2.05) is 6.07 Å². The standard InChI is InChI=1S/C12H13NO4/c1-8(17-5-4-14)11-6-9(7-13)2-3-10(11)12(15)16/h2-3,6,8,14H,4-5H2,1H3,(H,15,16). The van der Waals surface area contributed by atoms with E-state index in [1.165, 1.54) is 18.2 Å². The van der Waals surface area contributed by atoms with E-state index < -0.39 is 12.1 Å². The Kier molecular flexibility index (Phi) is 4.64. The minimum Gasteiger partial charge on any atom is -0.478 e. The third-order valence-electron chi connectivity index (χ3n) is 2.31. The van der Waals surface area contributed by atoms with Gasteiger partial charge in [0, 0.05) is 0 Å². The number of rotatable bonds is 5. The number of aromatic carboxylic acids is 1. The maximum Gasteiger partial charge on any atom is 0.336 e. The summed E-state index contributed by atoms with van der Waals surface area (Å²) in [5.41, 5.74) is 0.920. The summed E-state index contributed by atoms with van der Waals surface area (Å²) in [6.45, 7) is 1.67. The maximum absolute atomic E-state index is 11.0. The molecule has 90 valence electrons. The second-order valence-corrected chi connectivity index (χ2v) is 3.46. The Morgan fingerprint density at radius 2 is 2.29 bits per heavy atom. The van der Waals surface area contributed by atoms with Crippen molar-refractivity contribution in [2.45, 2.75) is 13.0 Å². The van der Waals surface area contributed by atoms with E-state index in [0.29, 0.717) is 11.1 Å². The van der Waals surface area contributed by atoms with E-state index in [1.54, 1.807) is 6.92 Å². The van der Waals surface area contributed by atoms with Gasteiger partial charge < -0.3 is 14.9 Å². The van der Waals surface area contributed by atoms with Gasteiger partial charge in [-0.3, -0.25) is 0 Å². The minimum atomic E-state index is -1.07. The molecule has 2 N–H and O–H groups in total. The van der Waals surface area contributed by atoms with Crippen molar-refractivity contribution in [1.82, 2.24) is 0 Å². The largest absolute Gasteiger partial charge is 0.478 e. The molecule has 0 aromatic heterocycles. The number of hydrogen-bond acceptors (Lipinski definition) is 4. The van der Waals surface area contributed by atoms with Crippen molar-refractivity contribution < 1.29 is 19.7 Å². The van der Waals surface area contributed by atoms with Crippen molar-refractivity contribution in [3.8, 4) is 6.07 Å². The van der Waals surface area contributed by atoms with Crippen molar-refractivity contribution in [1.29, 1.82) is 5.26 Å². The van der Waals surface area contributed by atoms with E-state index in [2.05, 4.69) is 0 Å². The van der Waals surface area contributed by atoms with E-state index >= 15 is 0 Å². The van der Waals surface area contributed by atoms with Gasteiger partial charge in [-0.2, -0.15) is 5.26 Å². The molecular weight excluding hydrogens is 222 g/mol. The smallest absolute Gasteiger partial charge is 0.336 e. The van der Waals surface area contributed by atoms with Crippen LogP contribution in [0.25, 0.3) is 0 Å². The second-order valence-electron chi connectivity index (χ2n) is 3.46. The van der Waals surface area contributed by atoms with Crippen LogP contribution in [-0.4, -0.2) is 29.4 Å². The third-order valence-corrected chi connectivity index (χ3v) is 2.31. The molecule has 0 saturated carbocycles. The van der Waals surface area contributed by atoms with Gasteiger partial charge in [-0.15, -0.1) is 0 Å². The van der Waals surface area contributed by atoms with E-state index in [0.717, 1.165) is 0 Å². The summed E-state index contributed by atoms with van der Waals surface area (Å²) in [6.07, 6.45) is -0.485. The van der Waals surface area contributed by atoms with Gasteiger partial charge >= 0.3 is 5.97 Å². The van der Waals surface area contributed by atoms with Crippen LogP contribution in [0, 0.1) is 11.3 Å². The molecule has 5 nitrogen and oxygen atoms in total. The number of hydrogen-bond donors (Lipinski definition) is 2. The highest BCUT2D eigenvalue weighted by molar-refractivity contribution is 5.89. The molecule has 0 radical (unpaired) electrons. The molecule has 0 aliphatic heterocycles. The maximum atomic E-state index is 11.0. The van der Waals surface area contributed by atoms with Crippen LogP contribution in [-0.2, 0) is 4.74 Å². The van der Waals surface area contributed by atoms with Crippen LogP contribution in [0.3, 0.4) is 0 Å². The zero-order valence-electron chi connectivity index (χ0n) is 9.38. The first-order chi connectivity index (χ1) is 8.10. The Morgan fingerprint density at radius 3 is 2.82 bits per heavy atom. The van der Waals surface area contributed by atoms with Crippen LogP contribution in [0.15, 0.2) is 18.2 Å². The summed E-state index contributed by atoms with van der Waals surface area (Å²) in [5, 5.41) is 26.4. The number of nitrogens with zero attached hydrogens (tertiary/aromatic N) is 1. The Balaban J connectivity index is 3.09. The Labute approximate surface area is 98.9 Å². The van der Waals surface area contributed by atoms with Crippen molar-refractivity contribution in [3.05, 3.63) is 34.9 Å². The quantitative estimate of drug-likeness (QED) is 0.803. The summed E-state index contributed by atoms with van der Waals surface area (Å²) in [5.74, 6) is -1.07. The van der Waals surface area contributed by atoms with Crippen LogP contribution in [0.1, 0.15) is 34.5 Å². The second kappa shape index (κ2) is 5.99. The predicted octanol–water partition coefficient (Wildman–Crippen LogP) is 1.33. The summed E-state index contributed by atoms with van der Waals surface area (Å²) >= 11 is 0. The molecule has 0 aliphatic rings. The lowest BCUT2D eigenvalue weighted by Crippen LogP contribution is -2.10. The number of carbonyl (C=O) groups is 1. The first-order valence-electron chi connectivity index (χ1n) is 5.10. The molecule has 17 heavy (non-hydrogen) atoms. The SMILES string of the molecule is CC(OCCO)c1cc(C#N)ccc1C(=O)O. The highest BCUT2D eigenvalue weighted by atomic mass is 16.5. The van der Waals surface area contributed by atoms with Gasteiger partial charge in [0.1, 0.15) is 0 Å². The fourth-order valence-electron chi connectivity index (χ4n) is 1.48. The summed E-state index contributed by atoms with van der Waals surface area (Å²) in [6, 6.07) is 6.27. The predicted molar refractivity (Wildman–Crippen MR) is 59.6 cm³/mol. The van der Waals surface area contributed by atoms with Gasteiger partial charge in [-0.1, -0.05) is 0 Å². The lowest BCUT2D eigenvalue weighted by Gasteiger charge is -2.15. The van der Waals surface area contributed by atoms with Gasteiger partial charge in [-0.25, -0.2) is 4.79 Å². The van der Waals surface area contributed by atoms with Crippen LogP contribution in [0.5, 0.6) is 0 Å². The summed E-state index contributed by atoms with van der Waals surface area (Å²) in [7, 11) is 0. The molecule has 1 atom stereocenters. The zero-order chi connectivity index (χ0) is 12.8. The molecule has 0 spiro atoms. The average Bonchev–Trinajstić information content (AvgIpc) is 2.34. The van der Waals surface area contributed by atoms with Gasteiger partial charge in [0.15, 0.2) is 0 Å². The number of benzene rings is 1. The summed E-state index contributed by atoms with van der Waals surface area (Å²) < 4.78 is 5.24. The molecule has 1 aromatic rings. The first kappa shape index (κ1) is 13.2. The van der Waals surface area contributed by atoms with Crippen LogP contribution in [0.4, 0.5) is 0 Å². The molecule has 1 rings (SSSR count). The molecular formula is C12H13NO4. The third kappa shape index (κ3) is 3.28. The molecule has 1 aromatic carbocycles. The van der Waals surface area contributed by atoms with Crippen molar-refractivity contribution in [2.24, 2.45) is 0 Å². The van der Waals surface area contributed by atoms with Gasteiger partial charge in [0.25, 0.3) is 0 Å². The van der Waals surface area contributed by atoms with Crippen molar-refractivity contribution in [3.63, 3.8) is 0 Å². The normalized spacial score (nSPS) is 11.8. The van der Waals surface area contributed by atoms with Gasteiger partial charge in [0.05, 0.1) is 36.5 Å². The lowest BCUT2D eigenvalue weighted by molar-refractivity contribution is 0.0370. The molecule has 0 fully saturated rings. The van der Waals surface area contributed by atoms with Crippen LogP contribution in [0.2, 0.25) is 0 Å². The number of aliphatic hydroxyl groups excluding tert-OH is 1. The number of ether oxygens (including phenoxy) is 1.